The molecule has 1 aliphatic carbocycles. The molecule has 4 heteroatoms. The molecular weight excluding hydrogens is 254 g/mol. The number of hydrogen-bond donors (Lipinski definition) is 2. The van der Waals surface area contributed by atoms with Gasteiger partial charge in [0.2, 0.25) is 0 Å². The van der Waals surface area contributed by atoms with E-state index < -0.39 is 5.97 Å². The van der Waals surface area contributed by atoms with E-state index in [1.807, 2.05) is 0 Å². The molecule has 1 aromatic carbocycles. The first kappa shape index (κ1) is 14.6. The zero-order valence-corrected chi connectivity index (χ0v) is 12.0. The van der Waals surface area contributed by atoms with Crippen LogP contribution in [0.1, 0.15) is 58.9 Å². The Balaban J connectivity index is 2.10. The highest BCUT2D eigenvalue weighted by Gasteiger charge is 2.21. The van der Waals surface area contributed by atoms with Gasteiger partial charge in [0.25, 0.3) is 5.91 Å². The van der Waals surface area contributed by atoms with Gasteiger partial charge in [-0.2, -0.15) is 0 Å². The molecule has 1 aromatic rings. The summed E-state index contributed by atoms with van der Waals surface area (Å²) in [5, 5.41) is 12.1. The summed E-state index contributed by atoms with van der Waals surface area (Å²) in [4.78, 5) is 23.3. The lowest BCUT2D eigenvalue weighted by Gasteiger charge is -2.27. The van der Waals surface area contributed by atoms with Gasteiger partial charge in [0.1, 0.15) is 0 Å². The van der Waals surface area contributed by atoms with Crippen LogP contribution in [0.2, 0.25) is 0 Å². The molecule has 2 rings (SSSR count). The first-order valence-corrected chi connectivity index (χ1v) is 7.11. The summed E-state index contributed by atoms with van der Waals surface area (Å²) in [7, 11) is 0. The topological polar surface area (TPSA) is 66.4 Å². The smallest absolute Gasteiger partial charge is 0.335 e. The fourth-order valence-electron chi connectivity index (χ4n) is 2.87. The van der Waals surface area contributed by atoms with Gasteiger partial charge in [-0.15, -0.1) is 0 Å². The molecule has 0 spiro atoms. The van der Waals surface area contributed by atoms with Crippen LogP contribution in [-0.2, 0) is 0 Å². The molecule has 108 valence electrons. The molecule has 1 fully saturated rings. The molecule has 20 heavy (non-hydrogen) atoms. The quantitative estimate of drug-likeness (QED) is 0.891. The van der Waals surface area contributed by atoms with Crippen molar-refractivity contribution in [3.63, 3.8) is 0 Å². The lowest BCUT2D eigenvalue weighted by atomic mass is 9.87. The molecule has 1 saturated carbocycles. The highest BCUT2D eigenvalue weighted by atomic mass is 16.4. The molecule has 1 amide bonds. The van der Waals surface area contributed by atoms with Crippen molar-refractivity contribution in [3.05, 3.63) is 34.9 Å². The third-order valence-electron chi connectivity index (χ3n) is 3.86. The Morgan fingerprint density at radius 2 is 1.90 bits per heavy atom. The van der Waals surface area contributed by atoms with Crippen LogP contribution in [0, 0.1) is 12.8 Å². The number of carboxylic acids is 1. The molecule has 4 nitrogen and oxygen atoms in total. The molecule has 0 bridgehead atoms. The van der Waals surface area contributed by atoms with E-state index in [-0.39, 0.29) is 17.5 Å². The van der Waals surface area contributed by atoms with Crippen LogP contribution in [0.4, 0.5) is 0 Å². The summed E-state index contributed by atoms with van der Waals surface area (Å²) in [5.41, 5.74) is 1.37. The van der Waals surface area contributed by atoms with Gasteiger partial charge in [-0.3, -0.25) is 4.79 Å². The van der Waals surface area contributed by atoms with Gasteiger partial charge in [0.05, 0.1) is 5.56 Å². The second-order valence-corrected chi connectivity index (χ2v) is 5.84. The normalized spacial score (nSPS) is 22.3. The first-order valence-electron chi connectivity index (χ1n) is 7.11. The summed E-state index contributed by atoms with van der Waals surface area (Å²) >= 11 is 0. The number of nitrogens with one attached hydrogen (secondary N) is 1. The maximum absolute atomic E-state index is 12.2. The Hall–Kier alpha value is -1.84. The van der Waals surface area contributed by atoms with Crippen LogP contribution in [-0.4, -0.2) is 23.0 Å². The Morgan fingerprint density at radius 3 is 2.55 bits per heavy atom. The zero-order chi connectivity index (χ0) is 14.7. The van der Waals surface area contributed by atoms with E-state index in [0.29, 0.717) is 11.5 Å². The highest BCUT2D eigenvalue weighted by Crippen LogP contribution is 2.23. The molecule has 0 saturated heterocycles. The van der Waals surface area contributed by atoms with E-state index >= 15 is 0 Å². The van der Waals surface area contributed by atoms with Gasteiger partial charge >= 0.3 is 5.97 Å². The van der Waals surface area contributed by atoms with Gasteiger partial charge in [0.15, 0.2) is 0 Å². The van der Waals surface area contributed by atoms with Crippen LogP contribution in [0.5, 0.6) is 0 Å². The third-order valence-corrected chi connectivity index (χ3v) is 3.86. The summed E-state index contributed by atoms with van der Waals surface area (Å²) in [5.74, 6) is -0.537. The SMILES string of the molecule is Cc1cc(C(=O)O)cc(C(=O)NC2CCCC(C)C2)c1. The largest absolute Gasteiger partial charge is 0.478 e. The number of hydrogen-bond acceptors (Lipinski definition) is 2. The number of carboxylic acid groups (broad SMARTS) is 1. The Kier molecular flexibility index (Phi) is 4.42. The summed E-state index contributed by atoms with van der Waals surface area (Å²) in [6, 6.07) is 4.95. The Labute approximate surface area is 119 Å². The maximum atomic E-state index is 12.2. The first-order chi connectivity index (χ1) is 9.45. The van der Waals surface area contributed by atoms with E-state index in [9.17, 15) is 9.59 Å². The van der Waals surface area contributed by atoms with Crippen molar-refractivity contribution < 1.29 is 14.7 Å². The molecule has 2 unspecified atom stereocenters. The minimum Gasteiger partial charge on any atom is -0.478 e. The average molecular weight is 275 g/mol. The van der Waals surface area contributed by atoms with Crippen molar-refractivity contribution in [2.24, 2.45) is 5.92 Å². The number of aryl methyl sites for hydroxylation is 1. The van der Waals surface area contributed by atoms with Crippen LogP contribution < -0.4 is 5.32 Å². The molecule has 0 heterocycles. The van der Waals surface area contributed by atoms with Gasteiger partial charge in [-0.05, 0) is 49.4 Å². The van der Waals surface area contributed by atoms with Crippen LogP contribution >= 0.6 is 0 Å². The fourth-order valence-corrected chi connectivity index (χ4v) is 2.87. The van der Waals surface area contributed by atoms with Crippen LogP contribution in [0.3, 0.4) is 0 Å². The summed E-state index contributed by atoms with van der Waals surface area (Å²) in [6.07, 6.45) is 4.37. The summed E-state index contributed by atoms with van der Waals surface area (Å²) < 4.78 is 0. The minimum absolute atomic E-state index is 0.159. The molecule has 0 radical (unpaired) electrons. The average Bonchev–Trinajstić information content (AvgIpc) is 2.37. The lowest BCUT2D eigenvalue weighted by molar-refractivity contribution is 0.0696. The number of carbonyl (C=O) groups is 2. The number of rotatable bonds is 3. The number of aromatic carboxylic acids is 1. The van der Waals surface area contributed by atoms with E-state index in [2.05, 4.69) is 12.2 Å². The fraction of sp³-hybridized carbons (Fsp3) is 0.500. The minimum atomic E-state index is -1.01. The number of benzene rings is 1. The predicted octanol–water partition coefficient (Wildman–Crippen LogP) is 3.00. The molecular formula is C16H21NO3. The van der Waals surface area contributed by atoms with Crippen molar-refractivity contribution in [1.82, 2.24) is 5.32 Å². The second-order valence-electron chi connectivity index (χ2n) is 5.84. The van der Waals surface area contributed by atoms with Gasteiger partial charge in [0, 0.05) is 11.6 Å². The molecule has 0 aliphatic heterocycles. The van der Waals surface area contributed by atoms with Crippen molar-refractivity contribution in [1.29, 1.82) is 0 Å². The highest BCUT2D eigenvalue weighted by molar-refractivity contribution is 5.97. The van der Waals surface area contributed by atoms with Crippen molar-refractivity contribution in [3.8, 4) is 0 Å². The molecule has 2 N–H and O–H groups in total. The van der Waals surface area contributed by atoms with E-state index in [1.165, 1.54) is 12.5 Å². The van der Waals surface area contributed by atoms with Crippen molar-refractivity contribution in [2.75, 3.05) is 0 Å². The van der Waals surface area contributed by atoms with Gasteiger partial charge in [-0.1, -0.05) is 19.8 Å². The second kappa shape index (κ2) is 6.07. The molecule has 0 aromatic heterocycles. The standard InChI is InChI=1S/C16H21NO3/c1-10-4-3-5-14(8-10)17-15(18)12-6-11(2)7-13(9-12)16(19)20/h6-7,9-10,14H,3-5,8H2,1-2H3,(H,17,18)(H,19,20). The molecule has 2 atom stereocenters. The lowest BCUT2D eigenvalue weighted by Crippen LogP contribution is -2.38. The van der Waals surface area contributed by atoms with Crippen molar-refractivity contribution in [2.45, 2.75) is 45.6 Å². The Bertz CT molecular complexity index is 524. The van der Waals surface area contributed by atoms with Crippen LogP contribution in [0.15, 0.2) is 18.2 Å². The van der Waals surface area contributed by atoms with Crippen LogP contribution in [0.25, 0.3) is 0 Å². The van der Waals surface area contributed by atoms with E-state index in [0.717, 1.165) is 24.8 Å². The Morgan fingerprint density at radius 1 is 1.20 bits per heavy atom. The van der Waals surface area contributed by atoms with Gasteiger partial charge < -0.3 is 10.4 Å². The zero-order valence-electron chi connectivity index (χ0n) is 12.0. The third kappa shape index (κ3) is 3.59. The molecule has 1 aliphatic rings. The van der Waals surface area contributed by atoms with E-state index in [1.54, 1.807) is 19.1 Å². The number of amides is 1. The maximum Gasteiger partial charge on any atom is 0.335 e. The van der Waals surface area contributed by atoms with Crippen molar-refractivity contribution >= 4 is 11.9 Å². The van der Waals surface area contributed by atoms with Gasteiger partial charge in [-0.25, -0.2) is 4.79 Å². The van der Waals surface area contributed by atoms with E-state index in [4.69, 9.17) is 5.11 Å². The number of carbonyl (C=O) groups excluding carboxylic acids is 1. The monoisotopic (exact) mass is 275 g/mol. The predicted molar refractivity (Wildman–Crippen MR) is 77.0 cm³/mol. The summed E-state index contributed by atoms with van der Waals surface area (Å²) in [6.45, 7) is 4.00.